The van der Waals surface area contributed by atoms with Gasteiger partial charge in [0.15, 0.2) is 0 Å². The second-order valence-corrected chi connectivity index (χ2v) is 9.89. The van der Waals surface area contributed by atoms with Crippen molar-refractivity contribution in [1.29, 1.82) is 0 Å². The van der Waals surface area contributed by atoms with Gasteiger partial charge in [0.05, 0.1) is 18.9 Å². The third kappa shape index (κ3) is 5.61. The first kappa shape index (κ1) is 22.3. The minimum Gasteiger partial charge on any atom is -0.497 e. The van der Waals surface area contributed by atoms with Gasteiger partial charge in [-0.25, -0.2) is 12.7 Å². The molecule has 162 valence electrons. The molecule has 0 radical (unpaired) electrons. The zero-order valence-corrected chi connectivity index (χ0v) is 18.6. The second-order valence-electron chi connectivity index (χ2n) is 7.92. The number of hydrogen-bond acceptors (Lipinski definition) is 4. The summed E-state index contributed by atoms with van der Waals surface area (Å²) in [6.45, 7) is 4.68. The van der Waals surface area contributed by atoms with E-state index in [0.717, 1.165) is 22.4 Å². The molecular formula is C23H30N2O4S. The normalized spacial score (nSPS) is 16.8. The van der Waals surface area contributed by atoms with Crippen LogP contribution in [-0.2, 0) is 20.6 Å². The Morgan fingerprint density at radius 2 is 1.70 bits per heavy atom. The van der Waals surface area contributed by atoms with Crippen LogP contribution in [0, 0.1) is 12.8 Å². The monoisotopic (exact) mass is 430 g/mol. The lowest BCUT2D eigenvalue weighted by Gasteiger charge is -2.31. The van der Waals surface area contributed by atoms with Crippen molar-refractivity contribution in [2.24, 2.45) is 5.92 Å². The standard InChI is InChI=1S/C23H30N2O4S/c1-17-4-6-19(7-5-17)16-30(27,28)25-14-12-21(13-15-25)23(26)24-18(2)20-8-10-22(29-3)11-9-20/h4-11,18,21H,12-16H2,1-3H3,(H,24,26). The minimum absolute atomic E-state index is 0.00134. The molecule has 7 heteroatoms. The third-order valence-corrected chi connectivity index (χ3v) is 7.51. The highest BCUT2D eigenvalue weighted by atomic mass is 32.2. The Kier molecular flexibility index (Phi) is 7.15. The van der Waals surface area contributed by atoms with Crippen LogP contribution in [0.4, 0.5) is 0 Å². The Hall–Kier alpha value is -2.38. The fourth-order valence-corrected chi connectivity index (χ4v) is 5.25. The number of carbonyl (C=O) groups is 1. The Morgan fingerprint density at radius 3 is 2.27 bits per heavy atom. The van der Waals surface area contributed by atoms with E-state index in [9.17, 15) is 13.2 Å². The zero-order valence-electron chi connectivity index (χ0n) is 17.8. The Labute approximate surface area is 179 Å². The summed E-state index contributed by atoms with van der Waals surface area (Å²) in [4.78, 5) is 12.7. The van der Waals surface area contributed by atoms with E-state index >= 15 is 0 Å². The highest BCUT2D eigenvalue weighted by Crippen LogP contribution is 2.24. The van der Waals surface area contributed by atoms with E-state index in [0.29, 0.717) is 25.9 Å². The summed E-state index contributed by atoms with van der Waals surface area (Å²) in [6, 6.07) is 15.0. The molecule has 6 nitrogen and oxygen atoms in total. The average molecular weight is 431 g/mol. The van der Waals surface area contributed by atoms with E-state index in [2.05, 4.69) is 5.32 Å². The molecule has 0 spiro atoms. The molecule has 1 aliphatic rings. The van der Waals surface area contributed by atoms with Gasteiger partial charge < -0.3 is 10.1 Å². The minimum atomic E-state index is -3.38. The molecule has 1 aliphatic heterocycles. The van der Waals surface area contributed by atoms with Crippen molar-refractivity contribution in [3.63, 3.8) is 0 Å². The molecule has 30 heavy (non-hydrogen) atoms. The molecule has 1 atom stereocenters. The van der Waals surface area contributed by atoms with Crippen LogP contribution in [0.15, 0.2) is 48.5 Å². The molecule has 1 saturated heterocycles. The van der Waals surface area contributed by atoms with Crippen LogP contribution >= 0.6 is 0 Å². The lowest BCUT2D eigenvalue weighted by Crippen LogP contribution is -2.43. The van der Waals surface area contributed by atoms with Gasteiger partial charge in [-0.1, -0.05) is 42.0 Å². The molecular weight excluding hydrogens is 400 g/mol. The predicted molar refractivity (Wildman–Crippen MR) is 118 cm³/mol. The number of piperidine rings is 1. The van der Waals surface area contributed by atoms with Crippen LogP contribution < -0.4 is 10.1 Å². The molecule has 1 heterocycles. The molecule has 2 aromatic rings. The fraction of sp³-hybridized carbons (Fsp3) is 0.435. The number of nitrogens with zero attached hydrogens (tertiary/aromatic N) is 1. The van der Waals surface area contributed by atoms with Crippen molar-refractivity contribution in [2.75, 3.05) is 20.2 Å². The van der Waals surface area contributed by atoms with Crippen molar-refractivity contribution in [1.82, 2.24) is 9.62 Å². The van der Waals surface area contributed by atoms with E-state index in [1.165, 1.54) is 4.31 Å². The number of hydrogen-bond donors (Lipinski definition) is 1. The van der Waals surface area contributed by atoms with E-state index < -0.39 is 10.0 Å². The summed E-state index contributed by atoms with van der Waals surface area (Å²) >= 11 is 0. The smallest absolute Gasteiger partial charge is 0.223 e. The van der Waals surface area contributed by atoms with Gasteiger partial charge in [0.25, 0.3) is 0 Å². The summed E-state index contributed by atoms with van der Waals surface area (Å²) in [7, 11) is -1.76. The van der Waals surface area contributed by atoms with Crippen molar-refractivity contribution >= 4 is 15.9 Å². The summed E-state index contributed by atoms with van der Waals surface area (Å²) in [5, 5.41) is 3.05. The number of carbonyl (C=O) groups excluding carboxylic acids is 1. The molecule has 2 aromatic carbocycles. The molecule has 1 unspecified atom stereocenters. The topological polar surface area (TPSA) is 75.7 Å². The van der Waals surface area contributed by atoms with Gasteiger partial charge in [0, 0.05) is 19.0 Å². The highest BCUT2D eigenvalue weighted by Gasteiger charge is 2.31. The second kappa shape index (κ2) is 9.62. The Bertz CT molecular complexity index is 948. The lowest BCUT2D eigenvalue weighted by molar-refractivity contribution is -0.126. The molecule has 0 aromatic heterocycles. The van der Waals surface area contributed by atoms with E-state index in [1.807, 2.05) is 62.4 Å². The van der Waals surface area contributed by atoms with Gasteiger partial charge >= 0.3 is 0 Å². The number of nitrogens with one attached hydrogen (secondary N) is 1. The molecule has 1 amide bonds. The van der Waals surface area contributed by atoms with Crippen LogP contribution in [0.5, 0.6) is 5.75 Å². The first-order valence-corrected chi connectivity index (χ1v) is 11.9. The van der Waals surface area contributed by atoms with Crippen molar-refractivity contribution in [3.8, 4) is 5.75 Å². The van der Waals surface area contributed by atoms with Crippen LogP contribution in [0.25, 0.3) is 0 Å². The maximum atomic E-state index is 12.7. The number of amides is 1. The first-order chi connectivity index (χ1) is 14.3. The van der Waals surface area contributed by atoms with E-state index in [1.54, 1.807) is 7.11 Å². The lowest BCUT2D eigenvalue weighted by atomic mass is 9.96. The first-order valence-electron chi connectivity index (χ1n) is 10.3. The molecule has 0 aliphatic carbocycles. The molecule has 3 rings (SSSR count). The van der Waals surface area contributed by atoms with E-state index in [4.69, 9.17) is 4.74 Å². The van der Waals surface area contributed by atoms with Gasteiger partial charge in [0.1, 0.15) is 5.75 Å². The number of rotatable bonds is 7. The van der Waals surface area contributed by atoms with Gasteiger partial charge in [0.2, 0.25) is 15.9 Å². The third-order valence-electron chi connectivity index (χ3n) is 5.66. The molecule has 1 N–H and O–H groups in total. The predicted octanol–water partition coefficient (Wildman–Crippen LogP) is 3.42. The largest absolute Gasteiger partial charge is 0.497 e. The van der Waals surface area contributed by atoms with Gasteiger partial charge in [-0.05, 0) is 49.9 Å². The SMILES string of the molecule is COc1ccc(C(C)NC(=O)C2CCN(S(=O)(=O)Cc3ccc(C)cc3)CC2)cc1. The maximum absolute atomic E-state index is 12.7. The zero-order chi connectivity index (χ0) is 21.7. The summed E-state index contributed by atoms with van der Waals surface area (Å²) < 4.78 is 32.2. The van der Waals surface area contributed by atoms with Gasteiger partial charge in [-0.3, -0.25) is 4.79 Å². The quantitative estimate of drug-likeness (QED) is 0.730. The Balaban J connectivity index is 1.52. The van der Waals surface area contributed by atoms with Crippen LogP contribution in [0.3, 0.4) is 0 Å². The fourth-order valence-electron chi connectivity index (χ4n) is 3.69. The number of ether oxygens (including phenoxy) is 1. The molecule has 0 saturated carbocycles. The molecule has 1 fully saturated rings. The van der Waals surface area contributed by atoms with Crippen molar-refractivity contribution < 1.29 is 17.9 Å². The van der Waals surface area contributed by atoms with E-state index in [-0.39, 0.29) is 23.6 Å². The number of methoxy groups -OCH3 is 1. The number of sulfonamides is 1. The van der Waals surface area contributed by atoms with Crippen LogP contribution in [-0.4, -0.2) is 38.8 Å². The van der Waals surface area contributed by atoms with Crippen molar-refractivity contribution in [3.05, 3.63) is 65.2 Å². The maximum Gasteiger partial charge on any atom is 0.223 e. The van der Waals surface area contributed by atoms with Gasteiger partial charge in [-0.2, -0.15) is 0 Å². The highest BCUT2D eigenvalue weighted by molar-refractivity contribution is 7.88. The van der Waals surface area contributed by atoms with Crippen molar-refractivity contribution in [2.45, 2.75) is 38.5 Å². The van der Waals surface area contributed by atoms with Crippen LogP contribution in [0.1, 0.15) is 42.5 Å². The Morgan fingerprint density at radius 1 is 1.10 bits per heavy atom. The molecule has 0 bridgehead atoms. The summed E-state index contributed by atoms with van der Waals surface area (Å²) in [6.07, 6.45) is 1.07. The summed E-state index contributed by atoms with van der Waals surface area (Å²) in [5.74, 6) is 0.584. The average Bonchev–Trinajstić information content (AvgIpc) is 2.75. The summed E-state index contributed by atoms with van der Waals surface area (Å²) in [5.41, 5.74) is 2.89. The van der Waals surface area contributed by atoms with Crippen LogP contribution in [0.2, 0.25) is 0 Å². The number of benzene rings is 2. The van der Waals surface area contributed by atoms with Gasteiger partial charge in [-0.15, -0.1) is 0 Å². The number of aryl methyl sites for hydroxylation is 1.